The summed E-state index contributed by atoms with van der Waals surface area (Å²) in [5.74, 6) is -0.280. The number of amides is 1. The Kier molecular flexibility index (Phi) is 4.48. The van der Waals surface area contributed by atoms with Gasteiger partial charge in [-0.05, 0) is 55.2 Å². The van der Waals surface area contributed by atoms with E-state index < -0.39 is 0 Å². The molecule has 0 aliphatic carbocycles. The summed E-state index contributed by atoms with van der Waals surface area (Å²) in [6.45, 7) is 3.23. The minimum absolute atomic E-state index is 0.267. The van der Waals surface area contributed by atoms with Crippen LogP contribution < -0.4 is 5.32 Å². The van der Waals surface area contributed by atoms with E-state index in [9.17, 15) is 4.79 Å². The number of aromatic nitrogens is 2. The van der Waals surface area contributed by atoms with Crippen molar-refractivity contribution >= 4 is 34.5 Å². The van der Waals surface area contributed by atoms with Crippen LogP contribution in [0, 0.1) is 0 Å². The van der Waals surface area contributed by atoms with Gasteiger partial charge in [-0.25, -0.2) is 0 Å². The van der Waals surface area contributed by atoms with E-state index in [2.05, 4.69) is 26.5 Å². The molecule has 5 nitrogen and oxygen atoms in total. The van der Waals surface area contributed by atoms with Crippen LogP contribution in [0.4, 0.5) is 5.69 Å². The van der Waals surface area contributed by atoms with Gasteiger partial charge in [0.2, 0.25) is 9.47 Å². The van der Waals surface area contributed by atoms with Crippen LogP contribution in [-0.2, 0) is 6.54 Å². The maximum absolute atomic E-state index is 12.0. The number of likely N-dealkylation sites (tertiary alicyclic amines) is 1. The van der Waals surface area contributed by atoms with Gasteiger partial charge in [0.1, 0.15) is 0 Å². The summed E-state index contributed by atoms with van der Waals surface area (Å²) in [5, 5.41) is 10.5. The predicted molar refractivity (Wildman–Crippen MR) is 83.8 cm³/mol. The molecule has 1 N–H and O–H groups in total. The van der Waals surface area contributed by atoms with Gasteiger partial charge in [0.25, 0.3) is 5.91 Å². The van der Waals surface area contributed by atoms with E-state index in [-0.39, 0.29) is 15.4 Å². The van der Waals surface area contributed by atoms with Crippen molar-refractivity contribution in [2.24, 2.45) is 0 Å². The highest BCUT2D eigenvalue weighted by atomic mass is 35.5. The van der Waals surface area contributed by atoms with Crippen molar-refractivity contribution in [3.8, 4) is 0 Å². The zero-order valence-corrected chi connectivity index (χ0v) is 13.0. The van der Waals surface area contributed by atoms with Gasteiger partial charge in [-0.2, -0.15) is 0 Å². The minimum Gasteiger partial charge on any atom is -0.320 e. The lowest BCUT2D eigenvalue weighted by Crippen LogP contribution is -2.18. The summed E-state index contributed by atoms with van der Waals surface area (Å²) in [4.78, 5) is 14.4. The number of rotatable bonds is 4. The summed E-state index contributed by atoms with van der Waals surface area (Å²) in [5.41, 5.74) is 1.97. The monoisotopic (exact) mass is 322 g/mol. The topological polar surface area (TPSA) is 58.1 Å². The molecule has 7 heteroatoms. The number of hydrogen-bond acceptors (Lipinski definition) is 5. The van der Waals surface area contributed by atoms with Gasteiger partial charge in [0.15, 0.2) is 0 Å². The summed E-state index contributed by atoms with van der Waals surface area (Å²) < 4.78 is 0.267. The third-order valence-corrected chi connectivity index (χ3v) is 4.40. The molecule has 0 bridgehead atoms. The van der Waals surface area contributed by atoms with E-state index >= 15 is 0 Å². The molecule has 0 radical (unpaired) electrons. The number of halogens is 1. The molecule has 1 amide bonds. The molecule has 1 fully saturated rings. The maximum atomic E-state index is 12.0. The first kappa shape index (κ1) is 14.4. The standard InChI is InChI=1S/C14H15ClN4OS/c15-14-18-17-13(21-14)12(20)16-11-5-3-4-10(8-11)9-19-6-1-2-7-19/h3-5,8H,1-2,6-7,9H2,(H,16,20). The molecule has 110 valence electrons. The Hall–Kier alpha value is -1.50. The first-order valence-corrected chi connectivity index (χ1v) is 8.02. The molecular formula is C14H15ClN4OS. The van der Waals surface area contributed by atoms with Crippen molar-refractivity contribution in [3.05, 3.63) is 39.3 Å². The minimum atomic E-state index is -0.280. The fraction of sp³-hybridized carbons (Fsp3) is 0.357. The van der Waals surface area contributed by atoms with Gasteiger partial charge in [-0.1, -0.05) is 23.5 Å². The Morgan fingerprint density at radius 2 is 2.14 bits per heavy atom. The first-order chi connectivity index (χ1) is 10.2. The molecule has 1 aliphatic heterocycles. The van der Waals surface area contributed by atoms with Gasteiger partial charge in [-0.15, -0.1) is 10.2 Å². The Balaban J connectivity index is 1.66. The summed E-state index contributed by atoms with van der Waals surface area (Å²) in [7, 11) is 0. The van der Waals surface area contributed by atoms with Crippen molar-refractivity contribution in [2.75, 3.05) is 18.4 Å². The highest BCUT2D eigenvalue weighted by molar-refractivity contribution is 7.17. The zero-order chi connectivity index (χ0) is 14.7. The Labute approximate surface area is 131 Å². The number of nitrogens with zero attached hydrogens (tertiary/aromatic N) is 3. The first-order valence-electron chi connectivity index (χ1n) is 6.82. The van der Waals surface area contributed by atoms with E-state index in [0.717, 1.165) is 36.7 Å². The lowest BCUT2D eigenvalue weighted by molar-refractivity contribution is 0.102. The largest absolute Gasteiger partial charge is 0.320 e. The Morgan fingerprint density at radius 1 is 1.33 bits per heavy atom. The number of benzene rings is 1. The quantitative estimate of drug-likeness (QED) is 0.940. The van der Waals surface area contributed by atoms with E-state index in [4.69, 9.17) is 11.6 Å². The predicted octanol–water partition coefficient (Wildman–Crippen LogP) is 3.04. The SMILES string of the molecule is O=C(Nc1cccc(CN2CCCC2)c1)c1nnc(Cl)s1. The summed E-state index contributed by atoms with van der Waals surface area (Å²) >= 11 is 6.76. The molecule has 0 atom stereocenters. The second-order valence-electron chi connectivity index (χ2n) is 5.00. The average molecular weight is 323 g/mol. The van der Waals surface area contributed by atoms with Crippen molar-refractivity contribution in [3.63, 3.8) is 0 Å². The third kappa shape index (κ3) is 3.78. The third-order valence-electron chi connectivity index (χ3n) is 3.38. The van der Waals surface area contributed by atoms with Crippen LogP contribution in [0.3, 0.4) is 0 Å². The Morgan fingerprint density at radius 3 is 2.86 bits per heavy atom. The van der Waals surface area contributed by atoms with E-state index in [1.165, 1.54) is 18.4 Å². The Bertz CT molecular complexity index is 639. The maximum Gasteiger partial charge on any atom is 0.286 e. The number of hydrogen-bond donors (Lipinski definition) is 1. The van der Waals surface area contributed by atoms with Gasteiger partial charge in [0.05, 0.1) is 0 Å². The van der Waals surface area contributed by atoms with Crippen LogP contribution in [-0.4, -0.2) is 34.1 Å². The second kappa shape index (κ2) is 6.51. The molecule has 0 spiro atoms. The van der Waals surface area contributed by atoms with Crippen LogP contribution in [0.1, 0.15) is 28.2 Å². The molecular weight excluding hydrogens is 308 g/mol. The smallest absolute Gasteiger partial charge is 0.286 e. The van der Waals surface area contributed by atoms with Gasteiger partial charge in [-0.3, -0.25) is 9.69 Å². The van der Waals surface area contributed by atoms with Crippen LogP contribution in [0.5, 0.6) is 0 Å². The molecule has 1 aliphatic rings. The van der Waals surface area contributed by atoms with E-state index in [1.54, 1.807) is 0 Å². The van der Waals surface area contributed by atoms with Crippen molar-refractivity contribution in [1.82, 2.24) is 15.1 Å². The van der Waals surface area contributed by atoms with Gasteiger partial charge < -0.3 is 5.32 Å². The van der Waals surface area contributed by atoms with E-state index in [1.807, 2.05) is 18.2 Å². The van der Waals surface area contributed by atoms with E-state index in [0.29, 0.717) is 0 Å². The number of nitrogens with one attached hydrogen (secondary N) is 1. The van der Waals surface area contributed by atoms with Gasteiger partial charge >= 0.3 is 0 Å². The van der Waals surface area contributed by atoms with Crippen molar-refractivity contribution < 1.29 is 4.79 Å². The normalized spacial score (nSPS) is 15.3. The molecule has 1 aromatic carbocycles. The number of anilines is 1. The van der Waals surface area contributed by atoms with Crippen LogP contribution in [0.15, 0.2) is 24.3 Å². The average Bonchev–Trinajstić information content (AvgIpc) is 3.11. The van der Waals surface area contributed by atoms with Gasteiger partial charge in [0, 0.05) is 12.2 Å². The fourth-order valence-corrected chi connectivity index (χ4v) is 3.15. The fourth-order valence-electron chi connectivity index (χ4n) is 2.43. The van der Waals surface area contributed by atoms with Crippen molar-refractivity contribution in [2.45, 2.75) is 19.4 Å². The molecule has 0 unspecified atom stereocenters. The highest BCUT2D eigenvalue weighted by Crippen LogP contribution is 2.19. The van der Waals surface area contributed by atoms with Crippen LogP contribution in [0.25, 0.3) is 0 Å². The molecule has 3 rings (SSSR count). The molecule has 1 saturated heterocycles. The van der Waals surface area contributed by atoms with Crippen molar-refractivity contribution in [1.29, 1.82) is 0 Å². The van der Waals surface area contributed by atoms with Crippen LogP contribution >= 0.6 is 22.9 Å². The summed E-state index contributed by atoms with van der Waals surface area (Å²) in [6.07, 6.45) is 2.54. The molecule has 0 saturated carbocycles. The lowest BCUT2D eigenvalue weighted by atomic mass is 10.2. The lowest BCUT2D eigenvalue weighted by Gasteiger charge is -2.15. The molecule has 2 aromatic rings. The van der Waals surface area contributed by atoms with Crippen LogP contribution in [0.2, 0.25) is 4.47 Å². The molecule has 21 heavy (non-hydrogen) atoms. The second-order valence-corrected chi connectivity index (χ2v) is 6.56. The number of carbonyl (C=O) groups is 1. The summed E-state index contributed by atoms with van der Waals surface area (Å²) in [6, 6.07) is 7.90. The highest BCUT2D eigenvalue weighted by Gasteiger charge is 2.14. The zero-order valence-electron chi connectivity index (χ0n) is 11.4. The molecule has 2 heterocycles. The molecule has 1 aromatic heterocycles. The number of carbonyl (C=O) groups excluding carboxylic acids is 1.